The molecule has 0 spiro atoms. The Bertz CT molecular complexity index is 870. The number of hydrogen-bond acceptors (Lipinski definition) is 5. The molecule has 29 heavy (non-hydrogen) atoms. The van der Waals surface area contributed by atoms with Crippen LogP contribution in [0, 0.1) is 5.92 Å². The molecule has 1 N–H and O–H groups in total. The fourth-order valence-electron chi connectivity index (χ4n) is 3.68. The van der Waals surface area contributed by atoms with Crippen LogP contribution in [0.1, 0.15) is 44.7 Å². The number of carbonyl (C=O) groups excluding carboxylic acids is 1. The van der Waals surface area contributed by atoms with E-state index in [1.807, 2.05) is 38.1 Å². The zero-order valence-corrected chi connectivity index (χ0v) is 17.4. The third kappa shape index (κ3) is 5.16. The number of anilines is 1. The third-order valence-corrected chi connectivity index (χ3v) is 5.50. The van der Waals surface area contributed by atoms with E-state index in [2.05, 4.69) is 15.3 Å². The predicted octanol–water partition coefficient (Wildman–Crippen LogP) is 2.76. The Balaban J connectivity index is 1.53. The molecule has 0 radical (unpaired) electrons. The zero-order chi connectivity index (χ0) is 20.8. The first-order valence-corrected chi connectivity index (χ1v) is 10.3. The molecule has 0 aliphatic carbocycles. The normalized spacial score (nSPS) is 15.8. The van der Waals surface area contributed by atoms with Crippen LogP contribution in [0.5, 0.6) is 5.75 Å². The van der Waals surface area contributed by atoms with Gasteiger partial charge in [-0.05, 0) is 43.9 Å². The smallest absolute Gasteiger partial charge is 0.268 e. The summed E-state index contributed by atoms with van der Waals surface area (Å²) in [5, 5.41) is 7.38. The first-order chi connectivity index (χ1) is 14.0. The summed E-state index contributed by atoms with van der Waals surface area (Å²) in [6.07, 6.45) is 4.16. The van der Waals surface area contributed by atoms with E-state index in [1.54, 1.807) is 19.4 Å². The number of ether oxygens (including phenoxy) is 1. The monoisotopic (exact) mass is 398 g/mol. The van der Waals surface area contributed by atoms with Gasteiger partial charge < -0.3 is 15.0 Å². The molecule has 3 rings (SSSR count). The van der Waals surface area contributed by atoms with E-state index in [4.69, 9.17) is 4.74 Å². The van der Waals surface area contributed by atoms with Gasteiger partial charge in [-0.2, -0.15) is 5.10 Å². The fraction of sp³-hybridized carbons (Fsp3) is 0.500. The highest BCUT2D eigenvalue weighted by Gasteiger charge is 2.26. The SMILES string of the molecule is CCCn1ncc(N2CCC(C(=O)NC(C)c3ccc(OC)cc3)CC2)cc1=O. The lowest BCUT2D eigenvalue weighted by Gasteiger charge is -2.33. The van der Waals surface area contributed by atoms with Crippen LogP contribution in [0.15, 0.2) is 41.3 Å². The van der Waals surface area contributed by atoms with Crippen LogP contribution < -0.4 is 20.5 Å². The Labute approximate surface area is 171 Å². The van der Waals surface area contributed by atoms with Crippen molar-refractivity contribution >= 4 is 11.6 Å². The van der Waals surface area contributed by atoms with Gasteiger partial charge in [-0.15, -0.1) is 0 Å². The second kappa shape index (κ2) is 9.58. The standard InChI is InChI=1S/C22H30N4O3/c1-4-11-26-21(27)14-19(15-23-26)25-12-9-18(10-13-25)22(28)24-16(2)17-5-7-20(29-3)8-6-17/h5-8,14-16,18H,4,9-13H2,1-3H3,(H,24,28). The summed E-state index contributed by atoms with van der Waals surface area (Å²) in [7, 11) is 1.64. The Morgan fingerprint density at radius 1 is 1.28 bits per heavy atom. The van der Waals surface area contributed by atoms with Crippen molar-refractivity contribution < 1.29 is 9.53 Å². The fourth-order valence-corrected chi connectivity index (χ4v) is 3.68. The molecule has 1 fully saturated rings. The number of piperidine rings is 1. The van der Waals surface area contributed by atoms with Crippen LogP contribution in [0.25, 0.3) is 0 Å². The minimum absolute atomic E-state index is 0.0135. The third-order valence-electron chi connectivity index (χ3n) is 5.50. The van der Waals surface area contributed by atoms with E-state index in [9.17, 15) is 9.59 Å². The molecule has 2 heterocycles. The molecule has 1 unspecified atom stereocenters. The number of aromatic nitrogens is 2. The number of benzene rings is 1. The number of methoxy groups -OCH3 is 1. The molecule has 1 amide bonds. The summed E-state index contributed by atoms with van der Waals surface area (Å²) < 4.78 is 6.67. The molecule has 1 atom stereocenters. The maximum atomic E-state index is 12.7. The van der Waals surface area contributed by atoms with Crippen molar-refractivity contribution in [1.29, 1.82) is 0 Å². The van der Waals surface area contributed by atoms with E-state index in [1.165, 1.54) is 4.68 Å². The number of rotatable bonds is 7. The molecule has 1 saturated heterocycles. The Kier molecular flexibility index (Phi) is 6.90. The topological polar surface area (TPSA) is 76.5 Å². The first kappa shape index (κ1) is 20.9. The maximum absolute atomic E-state index is 12.7. The van der Waals surface area contributed by atoms with Gasteiger partial charge in [0, 0.05) is 31.6 Å². The Hall–Kier alpha value is -2.83. The van der Waals surface area contributed by atoms with Gasteiger partial charge >= 0.3 is 0 Å². The summed E-state index contributed by atoms with van der Waals surface area (Å²) >= 11 is 0. The number of nitrogens with zero attached hydrogens (tertiary/aromatic N) is 3. The lowest BCUT2D eigenvalue weighted by molar-refractivity contribution is -0.126. The van der Waals surface area contributed by atoms with E-state index in [0.29, 0.717) is 6.54 Å². The second-order valence-electron chi connectivity index (χ2n) is 7.54. The van der Waals surface area contributed by atoms with Gasteiger partial charge in [0.2, 0.25) is 5.91 Å². The van der Waals surface area contributed by atoms with Crippen LogP contribution in [-0.2, 0) is 11.3 Å². The van der Waals surface area contributed by atoms with Gasteiger partial charge in [-0.3, -0.25) is 9.59 Å². The molecule has 7 nitrogen and oxygen atoms in total. The summed E-state index contributed by atoms with van der Waals surface area (Å²) in [5.41, 5.74) is 1.82. The molecular weight excluding hydrogens is 368 g/mol. The van der Waals surface area contributed by atoms with Crippen molar-refractivity contribution in [2.24, 2.45) is 5.92 Å². The molecule has 1 aromatic heterocycles. The molecule has 1 aromatic carbocycles. The molecule has 0 saturated carbocycles. The summed E-state index contributed by atoms with van der Waals surface area (Å²) in [6, 6.07) is 9.34. The number of hydrogen-bond donors (Lipinski definition) is 1. The van der Waals surface area contributed by atoms with Gasteiger partial charge in [0.1, 0.15) is 5.75 Å². The summed E-state index contributed by atoms with van der Waals surface area (Å²) in [5.74, 6) is 0.876. The van der Waals surface area contributed by atoms with E-state index >= 15 is 0 Å². The lowest BCUT2D eigenvalue weighted by atomic mass is 9.95. The summed E-state index contributed by atoms with van der Waals surface area (Å²) in [4.78, 5) is 27.0. The average molecular weight is 399 g/mol. The molecule has 7 heteroatoms. The zero-order valence-electron chi connectivity index (χ0n) is 17.4. The van der Waals surface area contributed by atoms with Crippen molar-refractivity contribution in [3.8, 4) is 5.75 Å². The Morgan fingerprint density at radius 3 is 2.55 bits per heavy atom. The highest BCUT2D eigenvalue weighted by atomic mass is 16.5. The average Bonchev–Trinajstić information content (AvgIpc) is 2.75. The number of nitrogens with one attached hydrogen (secondary N) is 1. The van der Waals surface area contributed by atoms with Gasteiger partial charge in [0.25, 0.3) is 5.56 Å². The quantitative estimate of drug-likeness (QED) is 0.776. The van der Waals surface area contributed by atoms with E-state index in [-0.39, 0.29) is 23.4 Å². The Morgan fingerprint density at radius 2 is 1.97 bits per heavy atom. The predicted molar refractivity (Wildman–Crippen MR) is 113 cm³/mol. The van der Waals surface area contributed by atoms with Crippen LogP contribution in [-0.4, -0.2) is 35.9 Å². The minimum Gasteiger partial charge on any atom is -0.497 e. The van der Waals surface area contributed by atoms with Gasteiger partial charge in [-0.1, -0.05) is 19.1 Å². The number of amides is 1. The molecular formula is C22H30N4O3. The van der Waals surface area contributed by atoms with Crippen molar-refractivity contribution in [3.63, 3.8) is 0 Å². The molecule has 0 bridgehead atoms. The van der Waals surface area contributed by atoms with Crippen LogP contribution >= 0.6 is 0 Å². The van der Waals surface area contributed by atoms with Crippen LogP contribution in [0.2, 0.25) is 0 Å². The summed E-state index contributed by atoms with van der Waals surface area (Å²) in [6.45, 7) is 6.13. The van der Waals surface area contributed by atoms with Gasteiger partial charge in [0.05, 0.1) is 25.0 Å². The van der Waals surface area contributed by atoms with E-state index < -0.39 is 0 Å². The van der Waals surface area contributed by atoms with Crippen molar-refractivity contribution in [3.05, 3.63) is 52.4 Å². The molecule has 2 aromatic rings. The first-order valence-electron chi connectivity index (χ1n) is 10.3. The van der Waals surface area contributed by atoms with Crippen LogP contribution in [0.4, 0.5) is 5.69 Å². The molecule has 1 aliphatic rings. The highest BCUT2D eigenvalue weighted by molar-refractivity contribution is 5.79. The highest BCUT2D eigenvalue weighted by Crippen LogP contribution is 2.23. The molecule has 156 valence electrons. The van der Waals surface area contributed by atoms with E-state index in [0.717, 1.165) is 49.4 Å². The largest absolute Gasteiger partial charge is 0.497 e. The van der Waals surface area contributed by atoms with Crippen molar-refractivity contribution in [2.45, 2.75) is 45.7 Å². The lowest BCUT2D eigenvalue weighted by Crippen LogP contribution is -2.41. The number of carbonyl (C=O) groups is 1. The number of aryl methyl sites for hydroxylation is 1. The maximum Gasteiger partial charge on any atom is 0.268 e. The second-order valence-corrected chi connectivity index (χ2v) is 7.54. The minimum atomic E-state index is -0.0717. The van der Waals surface area contributed by atoms with Gasteiger partial charge in [0.15, 0.2) is 0 Å². The molecule has 1 aliphatic heterocycles. The van der Waals surface area contributed by atoms with Crippen molar-refractivity contribution in [1.82, 2.24) is 15.1 Å². The van der Waals surface area contributed by atoms with Gasteiger partial charge in [-0.25, -0.2) is 4.68 Å². The van der Waals surface area contributed by atoms with Crippen molar-refractivity contribution in [2.75, 3.05) is 25.1 Å². The van der Waals surface area contributed by atoms with Crippen LogP contribution in [0.3, 0.4) is 0 Å².